The van der Waals surface area contributed by atoms with Crippen molar-refractivity contribution < 1.29 is 33.9 Å². The number of aromatic nitrogens is 1. The van der Waals surface area contributed by atoms with E-state index in [1.807, 2.05) is 152 Å². The fourth-order valence-electron chi connectivity index (χ4n) is 7.76. The van der Waals surface area contributed by atoms with Crippen LogP contribution in [0.3, 0.4) is 0 Å². The average molecular weight is 912 g/mol. The van der Waals surface area contributed by atoms with Crippen LogP contribution in [0.15, 0.2) is 173 Å². The summed E-state index contributed by atoms with van der Waals surface area (Å²) in [5.41, 5.74) is 3.34. The van der Waals surface area contributed by atoms with Gasteiger partial charge in [-0.2, -0.15) is 0 Å². The van der Waals surface area contributed by atoms with Crippen molar-refractivity contribution >= 4 is 69.3 Å². The highest BCUT2D eigenvalue weighted by molar-refractivity contribution is 8.00. The number of alkyl halides is 1. The lowest BCUT2D eigenvalue weighted by Gasteiger charge is -2.49. The molecule has 6 aromatic rings. The Morgan fingerprint density at radius 1 is 0.844 bits per heavy atom. The summed E-state index contributed by atoms with van der Waals surface area (Å²) in [6.07, 6.45) is -1.87. The fraction of sp³-hybridized carbons (Fsp3) is 0.184. The lowest BCUT2D eigenvalue weighted by molar-refractivity contribution is -0.161. The summed E-state index contributed by atoms with van der Waals surface area (Å²) in [4.78, 5) is 66.1. The molecule has 1 unspecified atom stereocenters. The lowest BCUT2D eigenvalue weighted by Crippen LogP contribution is -2.71. The van der Waals surface area contributed by atoms with Gasteiger partial charge in [0.2, 0.25) is 6.10 Å². The number of carboxylic acids is 1. The number of nitrogens with zero attached hydrogens (tertiary/aromatic N) is 3. The summed E-state index contributed by atoms with van der Waals surface area (Å²) >= 11 is 8.56. The molecular formula is C49H42ClN5O7S2. The summed E-state index contributed by atoms with van der Waals surface area (Å²) in [5.74, 6) is -3.24. The zero-order valence-corrected chi connectivity index (χ0v) is 36.8. The van der Waals surface area contributed by atoms with Crippen LogP contribution in [-0.4, -0.2) is 73.6 Å². The molecule has 3 atom stereocenters. The third-order valence-corrected chi connectivity index (χ3v) is 13.3. The quantitative estimate of drug-likeness (QED) is 0.0203. The van der Waals surface area contributed by atoms with E-state index < -0.39 is 52.9 Å². The first-order valence-electron chi connectivity index (χ1n) is 20.4. The van der Waals surface area contributed by atoms with Crippen molar-refractivity contribution in [1.29, 1.82) is 0 Å². The number of carbonyl (C=O) groups excluding carboxylic acids is 3. The van der Waals surface area contributed by atoms with Gasteiger partial charge in [-0.15, -0.1) is 34.7 Å². The maximum Gasteiger partial charge on any atom is 0.352 e. The molecule has 3 heterocycles. The predicted molar refractivity (Wildman–Crippen MR) is 248 cm³/mol. The number of nitrogens with one attached hydrogen (secondary N) is 2. The van der Waals surface area contributed by atoms with Crippen LogP contribution in [0.25, 0.3) is 0 Å². The molecule has 0 spiro atoms. The van der Waals surface area contributed by atoms with Gasteiger partial charge in [0.15, 0.2) is 16.9 Å². The fourth-order valence-corrected chi connectivity index (χ4v) is 10.2. The number of hydrogen-bond donors (Lipinski definition) is 3. The first-order chi connectivity index (χ1) is 31.2. The number of benzene rings is 5. The van der Waals surface area contributed by atoms with E-state index in [-0.39, 0.29) is 35.2 Å². The number of thiazole rings is 1. The van der Waals surface area contributed by atoms with Crippen LogP contribution in [0, 0.1) is 0 Å². The summed E-state index contributed by atoms with van der Waals surface area (Å²) in [5, 5.41) is 22.1. The van der Waals surface area contributed by atoms with Gasteiger partial charge in [0.1, 0.15) is 28.3 Å². The van der Waals surface area contributed by atoms with Gasteiger partial charge in [-0.1, -0.05) is 164 Å². The first kappa shape index (κ1) is 43.9. The molecule has 1 saturated heterocycles. The monoisotopic (exact) mass is 911 g/mol. The number of ether oxygens (including phenoxy) is 1. The van der Waals surface area contributed by atoms with Crippen molar-refractivity contribution in [3.63, 3.8) is 0 Å². The Morgan fingerprint density at radius 3 is 1.84 bits per heavy atom. The molecule has 0 saturated carbocycles. The normalized spacial score (nSPS) is 16.6. The smallest absolute Gasteiger partial charge is 0.352 e. The second-order valence-corrected chi connectivity index (χ2v) is 17.1. The minimum Gasteiger partial charge on any atom is -0.477 e. The maximum absolute atomic E-state index is 14.5. The Morgan fingerprint density at radius 2 is 1.36 bits per heavy atom. The Hall–Kier alpha value is -6.74. The van der Waals surface area contributed by atoms with E-state index in [9.17, 15) is 24.3 Å². The molecule has 2 aliphatic heterocycles. The number of halogens is 1. The first-order valence-corrected chi connectivity index (χ1v) is 22.9. The van der Waals surface area contributed by atoms with Gasteiger partial charge in [-0.25, -0.2) is 14.6 Å². The summed E-state index contributed by atoms with van der Waals surface area (Å²) < 4.78 is 6.10. The number of carbonyl (C=O) groups is 4. The molecule has 12 nitrogen and oxygen atoms in total. The summed E-state index contributed by atoms with van der Waals surface area (Å²) in [7, 11) is 0. The van der Waals surface area contributed by atoms with Crippen molar-refractivity contribution in [2.24, 2.45) is 5.16 Å². The van der Waals surface area contributed by atoms with E-state index in [1.165, 1.54) is 23.1 Å². The van der Waals surface area contributed by atoms with E-state index in [4.69, 9.17) is 26.2 Å². The third-order valence-electron chi connectivity index (χ3n) is 10.9. The average Bonchev–Trinajstić information content (AvgIpc) is 3.81. The van der Waals surface area contributed by atoms with E-state index in [2.05, 4.69) is 15.8 Å². The molecule has 3 N–H and O–H groups in total. The number of fused-ring (bicyclic) bond motifs is 1. The Balaban J connectivity index is 1.14. The molecular weight excluding hydrogens is 870 g/mol. The number of carboxylic acid groups (broad SMARTS) is 1. The van der Waals surface area contributed by atoms with Gasteiger partial charge in [0.05, 0.1) is 0 Å². The van der Waals surface area contributed by atoms with Crippen molar-refractivity contribution in [2.45, 2.75) is 42.5 Å². The van der Waals surface area contributed by atoms with Crippen molar-refractivity contribution in [3.05, 3.63) is 202 Å². The standard InChI is InChI=1S/C49H42ClN5O7S2/c1-2-38(47(60)61-42(31-18-8-3-9-19-31)32-20-10-4-11-21-32)62-54-39(43(56)52-40-44(57)55-41(46(58)59)33(28-50)29-63-45(40)55)37-30-64-48(51-37)53-49(34-22-12-5-13-23-34,35-24-14-6-15-25-35)36-26-16-7-17-27-36/h3-27,30,38,40,42,45H,2,28-29H2,1H3,(H,51,53)(H,52,56)(H,58,59)/t38-,40?,45+/m1/s1. The number of thioether (sulfide) groups is 1. The van der Waals surface area contributed by atoms with Crippen molar-refractivity contribution in [2.75, 3.05) is 16.9 Å². The minimum absolute atomic E-state index is 0.0604. The van der Waals surface area contributed by atoms with Crippen LogP contribution in [0.4, 0.5) is 5.13 Å². The second-order valence-electron chi connectivity index (χ2n) is 14.8. The number of oxime groups is 1. The highest BCUT2D eigenvalue weighted by Crippen LogP contribution is 2.42. The molecule has 2 amide bonds. The molecule has 324 valence electrons. The second kappa shape index (κ2) is 19.8. The highest BCUT2D eigenvalue weighted by Gasteiger charge is 2.54. The minimum atomic E-state index is -1.28. The van der Waals surface area contributed by atoms with Crippen molar-refractivity contribution in [1.82, 2.24) is 15.2 Å². The predicted octanol–water partition coefficient (Wildman–Crippen LogP) is 8.36. The van der Waals surface area contributed by atoms with Crippen LogP contribution in [0.5, 0.6) is 0 Å². The molecule has 0 aliphatic carbocycles. The number of β-lactam (4-membered cyclic amide) rings is 1. The Bertz CT molecular complexity index is 2530. The van der Waals surface area contributed by atoms with Crippen LogP contribution in [0.2, 0.25) is 0 Å². The van der Waals surface area contributed by atoms with Gasteiger partial charge >= 0.3 is 11.9 Å². The molecule has 0 bridgehead atoms. The number of amides is 2. The van der Waals surface area contributed by atoms with Gasteiger partial charge in [-0.05, 0) is 39.8 Å². The van der Waals surface area contributed by atoms with Crippen LogP contribution < -0.4 is 10.6 Å². The number of esters is 1. The lowest BCUT2D eigenvalue weighted by atomic mass is 9.77. The highest BCUT2D eigenvalue weighted by atomic mass is 35.5. The van der Waals surface area contributed by atoms with E-state index in [1.54, 1.807) is 12.3 Å². The topological polar surface area (TPSA) is 160 Å². The maximum atomic E-state index is 14.5. The Kier molecular flexibility index (Phi) is 13.5. The van der Waals surface area contributed by atoms with Crippen molar-refractivity contribution in [3.8, 4) is 0 Å². The van der Waals surface area contributed by atoms with Crippen LogP contribution in [0.1, 0.15) is 53.0 Å². The molecule has 15 heteroatoms. The van der Waals surface area contributed by atoms with Gasteiger partial charge in [0, 0.05) is 17.0 Å². The zero-order chi connectivity index (χ0) is 44.6. The van der Waals surface area contributed by atoms with Crippen LogP contribution >= 0.6 is 34.7 Å². The molecule has 64 heavy (non-hydrogen) atoms. The number of rotatable bonds is 17. The van der Waals surface area contributed by atoms with E-state index in [0.29, 0.717) is 10.7 Å². The van der Waals surface area contributed by atoms with Gasteiger partial charge in [0.25, 0.3) is 11.8 Å². The van der Waals surface area contributed by atoms with Crippen LogP contribution in [-0.2, 0) is 34.3 Å². The summed E-state index contributed by atoms with van der Waals surface area (Å²) in [6, 6.07) is 47.4. The summed E-state index contributed by atoms with van der Waals surface area (Å²) in [6.45, 7) is 1.73. The van der Waals surface area contributed by atoms with Gasteiger partial charge < -0.3 is 25.3 Å². The number of aliphatic carboxylic acids is 1. The van der Waals surface area contributed by atoms with E-state index in [0.717, 1.165) is 32.7 Å². The number of anilines is 1. The molecule has 5 aromatic carbocycles. The Labute approximate surface area is 383 Å². The number of hydrogen-bond acceptors (Lipinski definition) is 11. The zero-order valence-electron chi connectivity index (χ0n) is 34.4. The molecule has 1 fully saturated rings. The largest absolute Gasteiger partial charge is 0.477 e. The van der Waals surface area contributed by atoms with Gasteiger partial charge in [-0.3, -0.25) is 14.5 Å². The third kappa shape index (κ3) is 8.89. The molecule has 1 aromatic heterocycles. The molecule has 2 aliphatic rings. The van der Waals surface area contributed by atoms with E-state index >= 15 is 0 Å². The molecule has 0 radical (unpaired) electrons. The SMILES string of the molecule is CC[C@@H](ON=C(C(=O)NC1C(=O)N2C(C(=O)O)=C(CCl)CS[C@@H]12)c1csc(NC(c2ccccc2)(c2ccccc2)c2ccccc2)n1)C(=O)OC(c1ccccc1)c1ccccc1. The molecule has 8 rings (SSSR count).